The van der Waals surface area contributed by atoms with E-state index >= 15 is 0 Å². The second-order valence-electron chi connectivity index (χ2n) is 2.15. The van der Waals surface area contributed by atoms with Crippen LogP contribution in [0.4, 0.5) is 0 Å². The number of rotatable bonds is 2. The summed E-state index contributed by atoms with van der Waals surface area (Å²) in [5, 5.41) is 0. The molecule has 0 unspecified atom stereocenters. The maximum absolute atomic E-state index is 10.8. The summed E-state index contributed by atoms with van der Waals surface area (Å²) < 4.78 is 42.5. The average molecular weight is 198 g/mol. The van der Waals surface area contributed by atoms with Crippen molar-refractivity contribution < 1.29 is 16.8 Å². The second-order valence-corrected chi connectivity index (χ2v) is 6.38. The van der Waals surface area contributed by atoms with Crippen LogP contribution in [0.2, 0.25) is 0 Å². The van der Waals surface area contributed by atoms with Gasteiger partial charge in [-0.2, -0.15) is 0 Å². The highest BCUT2D eigenvalue weighted by atomic mass is 32.3. The first-order chi connectivity index (χ1) is 4.69. The molecule has 0 saturated carbocycles. The zero-order valence-corrected chi connectivity index (χ0v) is 8.16. The lowest BCUT2D eigenvalue weighted by Gasteiger charge is -1.99. The summed E-state index contributed by atoms with van der Waals surface area (Å²) >= 11 is 0. The molecule has 0 aliphatic rings. The van der Waals surface area contributed by atoms with Crippen LogP contribution in [0.3, 0.4) is 0 Å². The number of sulfone groups is 2. The first-order valence-electron chi connectivity index (χ1n) is 2.76. The van der Waals surface area contributed by atoms with Crippen LogP contribution in [0.25, 0.3) is 0 Å². The van der Waals surface area contributed by atoms with Crippen LogP contribution in [0.5, 0.6) is 0 Å². The van der Waals surface area contributed by atoms with Crippen LogP contribution in [-0.4, -0.2) is 29.3 Å². The van der Waals surface area contributed by atoms with Gasteiger partial charge in [0.25, 0.3) is 0 Å². The summed E-state index contributed by atoms with van der Waals surface area (Å²) in [7, 11) is -7.20. The van der Waals surface area contributed by atoms with E-state index in [1.54, 1.807) is 0 Å². The normalized spacial score (nSPS) is 12.6. The molecule has 4 nitrogen and oxygen atoms in total. The Morgan fingerprint density at radius 3 is 1.27 bits per heavy atom. The Hall–Kier alpha value is -0.360. The molecule has 0 aromatic carbocycles. The molecule has 0 spiro atoms. The minimum absolute atomic E-state index is 0.523. The molecule has 0 aromatic rings. The molecular weight excluding hydrogens is 188 g/mol. The topological polar surface area (TPSA) is 68.3 Å². The Bertz CT molecular complexity index is 323. The van der Waals surface area contributed by atoms with Crippen molar-refractivity contribution in [3.05, 3.63) is 10.3 Å². The minimum atomic E-state index is -3.60. The van der Waals surface area contributed by atoms with Gasteiger partial charge in [-0.3, -0.25) is 0 Å². The highest BCUT2D eigenvalue weighted by Crippen LogP contribution is 2.10. The van der Waals surface area contributed by atoms with Gasteiger partial charge in [0.15, 0.2) is 23.9 Å². The van der Waals surface area contributed by atoms with Gasteiger partial charge in [-0.1, -0.05) is 6.08 Å². The Kier molecular flexibility index (Phi) is 2.85. The van der Waals surface area contributed by atoms with Gasteiger partial charge in [0.1, 0.15) is 0 Å². The van der Waals surface area contributed by atoms with Crippen molar-refractivity contribution in [2.24, 2.45) is 0 Å². The standard InChI is InChI=1S/C5H10O4S2/c1-4-5(10(2,6)7)11(3,8)9/h4H,1-3H3. The van der Waals surface area contributed by atoms with E-state index in [2.05, 4.69) is 0 Å². The molecule has 0 N–H and O–H groups in total. The SMILES string of the molecule is CC=C(S(C)(=O)=O)S(C)(=O)=O. The molecule has 0 amide bonds. The van der Waals surface area contributed by atoms with Crippen molar-refractivity contribution in [1.29, 1.82) is 0 Å². The fraction of sp³-hybridized carbons (Fsp3) is 0.600. The van der Waals surface area contributed by atoms with Crippen LogP contribution in [0.1, 0.15) is 6.92 Å². The van der Waals surface area contributed by atoms with Crippen LogP contribution in [0.15, 0.2) is 10.3 Å². The third-order valence-electron chi connectivity index (χ3n) is 0.967. The van der Waals surface area contributed by atoms with E-state index in [9.17, 15) is 16.8 Å². The molecule has 0 radical (unpaired) electrons. The van der Waals surface area contributed by atoms with Gasteiger partial charge in [0, 0.05) is 12.5 Å². The van der Waals surface area contributed by atoms with Crippen LogP contribution in [-0.2, 0) is 19.7 Å². The van der Waals surface area contributed by atoms with Gasteiger partial charge >= 0.3 is 0 Å². The first-order valence-corrected chi connectivity index (χ1v) is 6.54. The lowest BCUT2D eigenvalue weighted by atomic mass is 10.8. The van der Waals surface area contributed by atoms with Crippen LogP contribution < -0.4 is 0 Å². The number of hydrogen-bond donors (Lipinski definition) is 0. The molecule has 0 rings (SSSR count). The van der Waals surface area contributed by atoms with E-state index in [1.807, 2.05) is 0 Å². The molecule has 0 aromatic heterocycles. The quantitative estimate of drug-likeness (QED) is 0.623. The summed E-state index contributed by atoms with van der Waals surface area (Å²) in [6.07, 6.45) is 2.80. The third-order valence-corrected chi connectivity index (χ3v) is 4.72. The first kappa shape index (κ1) is 10.6. The molecule has 6 heteroatoms. The Balaban J connectivity index is 5.44. The predicted molar refractivity (Wildman–Crippen MR) is 43.4 cm³/mol. The molecule has 0 aliphatic heterocycles. The lowest BCUT2D eigenvalue weighted by Crippen LogP contribution is -2.10. The molecule has 0 atom stereocenters. The van der Waals surface area contributed by atoms with Crippen LogP contribution >= 0.6 is 0 Å². The molecule has 0 aliphatic carbocycles. The fourth-order valence-corrected chi connectivity index (χ4v) is 3.76. The highest BCUT2D eigenvalue weighted by molar-refractivity contribution is 8.13. The predicted octanol–water partition coefficient (Wildman–Crippen LogP) is -0.0631. The molecule has 11 heavy (non-hydrogen) atoms. The third kappa shape index (κ3) is 3.02. The largest absolute Gasteiger partial charge is 0.223 e. The van der Waals surface area contributed by atoms with Crippen molar-refractivity contribution in [2.75, 3.05) is 12.5 Å². The van der Waals surface area contributed by atoms with Crippen molar-refractivity contribution in [1.82, 2.24) is 0 Å². The summed E-state index contributed by atoms with van der Waals surface area (Å²) in [6, 6.07) is 0. The number of hydrogen-bond acceptors (Lipinski definition) is 4. The summed E-state index contributed by atoms with van der Waals surface area (Å²) in [4.78, 5) is 0. The van der Waals surface area contributed by atoms with Gasteiger partial charge in [0.05, 0.1) is 0 Å². The van der Waals surface area contributed by atoms with Crippen molar-refractivity contribution in [3.8, 4) is 0 Å². The van der Waals surface area contributed by atoms with Crippen molar-refractivity contribution in [3.63, 3.8) is 0 Å². The molecule has 0 saturated heterocycles. The molecule has 66 valence electrons. The van der Waals surface area contributed by atoms with Gasteiger partial charge in [-0.25, -0.2) is 16.8 Å². The number of allylic oxidation sites excluding steroid dienone is 1. The zero-order valence-electron chi connectivity index (χ0n) is 6.53. The summed E-state index contributed by atoms with van der Waals surface area (Å²) in [6.45, 7) is 1.37. The molecular formula is C5H10O4S2. The van der Waals surface area contributed by atoms with E-state index in [0.717, 1.165) is 18.6 Å². The maximum Gasteiger partial charge on any atom is 0.186 e. The maximum atomic E-state index is 10.8. The smallest absolute Gasteiger partial charge is 0.186 e. The van der Waals surface area contributed by atoms with E-state index in [1.165, 1.54) is 6.92 Å². The monoisotopic (exact) mass is 198 g/mol. The Labute approximate surface area is 66.8 Å². The van der Waals surface area contributed by atoms with Gasteiger partial charge in [0.2, 0.25) is 0 Å². The summed E-state index contributed by atoms with van der Waals surface area (Å²) in [5.41, 5.74) is 0. The van der Waals surface area contributed by atoms with E-state index in [0.29, 0.717) is 0 Å². The average Bonchev–Trinajstić information content (AvgIpc) is 1.56. The lowest BCUT2D eigenvalue weighted by molar-refractivity contribution is 0.601. The Morgan fingerprint density at radius 2 is 1.27 bits per heavy atom. The van der Waals surface area contributed by atoms with E-state index in [-0.39, 0.29) is 0 Å². The van der Waals surface area contributed by atoms with Gasteiger partial charge in [-0.15, -0.1) is 0 Å². The van der Waals surface area contributed by atoms with Crippen molar-refractivity contribution in [2.45, 2.75) is 6.92 Å². The molecule has 0 heterocycles. The van der Waals surface area contributed by atoms with E-state index in [4.69, 9.17) is 0 Å². The van der Waals surface area contributed by atoms with Gasteiger partial charge < -0.3 is 0 Å². The van der Waals surface area contributed by atoms with E-state index < -0.39 is 23.9 Å². The minimum Gasteiger partial charge on any atom is -0.223 e. The fourth-order valence-electron chi connectivity index (χ4n) is 0.703. The van der Waals surface area contributed by atoms with Crippen molar-refractivity contribution >= 4 is 19.7 Å². The zero-order chi connectivity index (χ0) is 9.28. The highest BCUT2D eigenvalue weighted by Gasteiger charge is 2.20. The van der Waals surface area contributed by atoms with Crippen LogP contribution in [0, 0.1) is 0 Å². The molecule has 0 bridgehead atoms. The Morgan fingerprint density at radius 1 is 1.00 bits per heavy atom. The second kappa shape index (κ2) is 2.94. The summed E-state index contributed by atoms with van der Waals surface area (Å²) in [5.74, 6) is 0. The molecule has 0 fully saturated rings. The van der Waals surface area contributed by atoms with Gasteiger partial charge in [-0.05, 0) is 6.92 Å².